The molecule has 1 atom stereocenters. The quantitative estimate of drug-likeness (QED) is 0.784. The molecule has 0 radical (unpaired) electrons. The number of rotatable bonds is 7. The Morgan fingerprint density at radius 3 is 2.88 bits per heavy atom. The van der Waals surface area contributed by atoms with E-state index in [2.05, 4.69) is 10.5 Å². The van der Waals surface area contributed by atoms with E-state index in [0.29, 0.717) is 31.8 Å². The molecule has 25 heavy (non-hydrogen) atoms. The van der Waals surface area contributed by atoms with Crippen LogP contribution in [0.5, 0.6) is 0 Å². The van der Waals surface area contributed by atoms with Gasteiger partial charge in [0.2, 0.25) is 10.0 Å². The molecule has 2 rings (SSSR count). The Hall–Kier alpha value is -1.61. The van der Waals surface area contributed by atoms with Gasteiger partial charge >= 0.3 is 6.03 Å². The summed E-state index contributed by atoms with van der Waals surface area (Å²) in [6.45, 7) is 3.35. The van der Waals surface area contributed by atoms with Crippen LogP contribution in [0.3, 0.4) is 0 Å². The second-order valence-corrected chi connectivity index (χ2v) is 8.47. The summed E-state index contributed by atoms with van der Waals surface area (Å²) in [4.78, 5) is 13.7. The predicted octanol–water partition coefficient (Wildman–Crippen LogP) is 1.58. The van der Waals surface area contributed by atoms with Crippen molar-refractivity contribution >= 4 is 16.1 Å². The van der Waals surface area contributed by atoms with Gasteiger partial charge in [-0.2, -0.15) is 4.31 Å². The van der Waals surface area contributed by atoms with E-state index in [0.717, 1.165) is 31.4 Å². The van der Waals surface area contributed by atoms with E-state index in [1.807, 2.05) is 13.0 Å². The molecule has 2 heterocycles. The third-order valence-corrected chi connectivity index (χ3v) is 5.80. The molecule has 1 saturated heterocycles. The third-order valence-electron chi connectivity index (χ3n) is 4.46. The average molecular weight is 372 g/mol. The Balaban J connectivity index is 1.78. The highest BCUT2D eigenvalue weighted by molar-refractivity contribution is 7.88. The summed E-state index contributed by atoms with van der Waals surface area (Å²) in [5, 5.41) is 6.75. The zero-order valence-electron chi connectivity index (χ0n) is 15.2. The summed E-state index contributed by atoms with van der Waals surface area (Å²) in [5.41, 5.74) is 0.863. The summed E-state index contributed by atoms with van der Waals surface area (Å²) < 4.78 is 30.4. The van der Waals surface area contributed by atoms with Crippen molar-refractivity contribution < 1.29 is 17.7 Å². The topological polar surface area (TPSA) is 95.8 Å². The molecule has 1 aromatic rings. The van der Waals surface area contributed by atoms with Crippen LogP contribution in [0.25, 0.3) is 0 Å². The first-order valence-corrected chi connectivity index (χ1v) is 10.6. The van der Waals surface area contributed by atoms with Gasteiger partial charge in [0.25, 0.3) is 0 Å². The van der Waals surface area contributed by atoms with Gasteiger partial charge in [-0.15, -0.1) is 0 Å². The van der Waals surface area contributed by atoms with Gasteiger partial charge in [-0.05, 0) is 25.7 Å². The number of nitrogens with one attached hydrogen (secondary N) is 1. The van der Waals surface area contributed by atoms with Crippen LogP contribution >= 0.6 is 0 Å². The van der Waals surface area contributed by atoms with Gasteiger partial charge in [-0.25, -0.2) is 13.2 Å². The third kappa shape index (κ3) is 5.71. The molecule has 1 aliphatic heterocycles. The van der Waals surface area contributed by atoms with E-state index < -0.39 is 10.0 Å². The van der Waals surface area contributed by atoms with Crippen molar-refractivity contribution in [2.24, 2.45) is 0 Å². The molecule has 0 aromatic carbocycles. The molecule has 0 saturated carbocycles. The van der Waals surface area contributed by atoms with Crippen LogP contribution in [-0.2, 0) is 23.0 Å². The monoisotopic (exact) mass is 372 g/mol. The van der Waals surface area contributed by atoms with E-state index in [4.69, 9.17) is 4.52 Å². The fourth-order valence-electron chi connectivity index (χ4n) is 3.08. The van der Waals surface area contributed by atoms with Crippen LogP contribution in [0, 0.1) is 0 Å². The standard InChI is InChI=1S/C16H28N4O4S/c1-4-13-11-15(24-18-13)12-19(2)16(21)17-9-8-14-7-5-6-10-20(14)25(3,22)23/h11,14H,4-10,12H2,1-3H3,(H,17,21)/t14-/m1/s1. The summed E-state index contributed by atoms with van der Waals surface area (Å²) in [6, 6.07) is 1.60. The Morgan fingerprint density at radius 2 is 2.24 bits per heavy atom. The molecule has 0 aliphatic carbocycles. The second-order valence-electron chi connectivity index (χ2n) is 6.54. The summed E-state index contributed by atoms with van der Waals surface area (Å²) in [6.07, 6.45) is 5.42. The first kappa shape index (κ1) is 19.7. The number of hydrogen-bond acceptors (Lipinski definition) is 5. The van der Waals surface area contributed by atoms with Crippen molar-refractivity contribution in [3.8, 4) is 0 Å². The van der Waals surface area contributed by atoms with Gasteiger partial charge in [-0.3, -0.25) is 0 Å². The molecule has 2 amide bonds. The zero-order valence-corrected chi connectivity index (χ0v) is 16.0. The van der Waals surface area contributed by atoms with Crippen molar-refractivity contribution in [2.75, 3.05) is 26.4 Å². The molecule has 1 aromatic heterocycles. The van der Waals surface area contributed by atoms with E-state index in [1.165, 1.54) is 11.2 Å². The van der Waals surface area contributed by atoms with E-state index >= 15 is 0 Å². The van der Waals surface area contributed by atoms with Crippen LogP contribution in [0.2, 0.25) is 0 Å². The van der Waals surface area contributed by atoms with Crippen molar-refractivity contribution in [3.05, 3.63) is 17.5 Å². The molecule has 0 spiro atoms. The number of carbonyl (C=O) groups excluding carboxylic acids is 1. The van der Waals surface area contributed by atoms with Crippen molar-refractivity contribution in [3.63, 3.8) is 0 Å². The highest BCUT2D eigenvalue weighted by Crippen LogP contribution is 2.21. The largest absolute Gasteiger partial charge is 0.359 e. The van der Waals surface area contributed by atoms with Gasteiger partial charge in [0, 0.05) is 32.2 Å². The number of aryl methyl sites for hydroxylation is 1. The van der Waals surface area contributed by atoms with Gasteiger partial charge in [-0.1, -0.05) is 18.5 Å². The van der Waals surface area contributed by atoms with Crippen LogP contribution in [0.1, 0.15) is 44.1 Å². The minimum atomic E-state index is -3.19. The number of carbonyl (C=O) groups is 1. The van der Waals surface area contributed by atoms with Crippen LogP contribution in [0.15, 0.2) is 10.6 Å². The molecular weight excluding hydrogens is 344 g/mol. The maximum atomic E-state index is 12.2. The Labute approximate surface area is 149 Å². The molecule has 1 N–H and O–H groups in total. The highest BCUT2D eigenvalue weighted by Gasteiger charge is 2.29. The lowest BCUT2D eigenvalue weighted by Crippen LogP contribution is -2.45. The normalized spacial score (nSPS) is 18.9. The SMILES string of the molecule is CCc1cc(CN(C)C(=O)NCC[C@H]2CCCCN2S(C)(=O)=O)on1. The Morgan fingerprint density at radius 1 is 1.48 bits per heavy atom. The number of urea groups is 1. The lowest BCUT2D eigenvalue weighted by atomic mass is 10.0. The molecule has 8 nitrogen and oxygen atoms in total. The number of piperidine rings is 1. The fourth-order valence-corrected chi connectivity index (χ4v) is 4.30. The van der Waals surface area contributed by atoms with E-state index in [9.17, 15) is 13.2 Å². The zero-order chi connectivity index (χ0) is 18.4. The maximum Gasteiger partial charge on any atom is 0.317 e. The van der Waals surface area contributed by atoms with Gasteiger partial charge in [0.05, 0.1) is 18.5 Å². The number of aromatic nitrogens is 1. The minimum Gasteiger partial charge on any atom is -0.359 e. The predicted molar refractivity (Wildman–Crippen MR) is 94.6 cm³/mol. The van der Waals surface area contributed by atoms with Gasteiger partial charge < -0.3 is 14.7 Å². The lowest BCUT2D eigenvalue weighted by molar-refractivity contribution is 0.197. The molecule has 9 heteroatoms. The van der Waals surface area contributed by atoms with Gasteiger partial charge in [0.1, 0.15) is 0 Å². The minimum absolute atomic E-state index is 0.0317. The number of nitrogens with zero attached hydrogens (tertiary/aromatic N) is 3. The summed E-state index contributed by atoms with van der Waals surface area (Å²) in [5.74, 6) is 0.644. The van der Waals surface area contributed by atoms with Crippen molar-refractivity contribution in [1.29, 1.82) is 0 Å². The number of hydrogen-bond donors (Lipinski definition) is 1. The molecule has 1 aliphatic rings. The number of amides is 2. The van der Waals surface area contributed by atoms with Crippen molar-refractivity contribution in [2.45, 2.75) is 51.6 Å². The van der Waals surface area contributed by atoms with Crippen LogP contribution < -0.4 is 5.32 Å². The number of sulfonamides is 1. The first-order chi connectivity index (χ1) is 11.8. The highest BCUT2D eigenvalue weighted by atomic mass is 32.2. The van der Waals surface area contributed by atoms with E-state index in [-0.39, 0.29) is 12.1 Å². The summed E-state index contributed by atoms with van der Waals surface area (Å²) in [7, 11) is -1.50. The summed E-state index contributed by atoms with van der Waals surface area (Å²) >= 11 is 0. The van der Waals surface area contributed by atoms with E-state index in [1.54, 1.807) is 11.4 Å². The molecule has 0 unspecified atom stereocenters. The first-order valence-electron chi connectivity index (χ1n) is 8.71. The van der Waals surface area contributed by atoms with Crippen LogP contribution in [-0.4, -0.2) is 61.2 Å². The fraction of sp³-hybridized carbons (Fsp3) is 0.750. The average Bonchev–Trinajstić information content (AvgIpc) is 3.01. The smallest absolute Gasteiger partial charge is 0.317 e. The van der Waals surface area contributed by atoms with Crippen molar-refractivity contribution in [1.82, 2.24) is 19.7 Å². The van der Waals surface area contributed by atoms with Gasteiger partial charge in [0.15, 0.2) is 5.76 Å². The molecule has 1 fully saturated rings. The molecule has 0 bridgehead atoms. The maximum absolute atomic E-state index is 12.2. The second kappa shape index (κ2) is 8.66. The molecular formula is C16H28N4O4S. The Kier molecular flexibility index (Phi) is 6.83. The van der Waals surface area contributed by atoms with Crippen LogP contribution in [0.4, 0.5) is 4.79 Å². The molecule has 142 valence electrons. The lowest BCUT2D eigenvalue weighted by Gasteiger charge is -2.33. The Bertz CT molecular complexity index is 673.